The minimum Gasteiger partial charge on any atom is -0.350 e. The fourth-order valence-corrected chi connectivity index (χ4v) is 3.50. The molecule has 12 heteroatoms. The Labute approximate surface area is 165 Å². The van der Waals surface area contributed by atoms with Crippen LogP contribution < -0.4 is 5.14 Å². The third kappa shape index (κ3) is 3.98. The van der Waals surface area contributed by atoms with Gasteiger partial charge in [0.1, 0.15) is 17.3 Å². The number of benzene rings is 2. The summed E-state index contributed by atoms with van der Waals surface area (Å²) in [5.74, 6) is -4.92. The largest absolute Gasteiger partial charge is 0.453 e. The van der Waals surface area contributed by atoms with Gasteiger partial charge in [-0.2, -0.15) is 13.2 Å². The van der Waals surface area contributed by atoms with Gasteiger partial charge in [-0.25, -0.2) is 22.3 Å². The molecule has 0 saturated carbocycles. The molecule has 5 nitrogen and oxygen atoms in total. The van der Waals surface area contributed by atoms with Crippen molar-refractivity contribution >= 4 is 21.6 Å². The Morgan fingerprint density at radius 3 is 2.14 bits per heavy atom. The second kappa shape index (κ2) is 7.08. The van der Waals surface area contributed by atoms with Gasteiger partial charge >= 0.3 is 6.18 Å². The van der Waals surface area contributed by atoms with Crippen molar-refractivity contribution in [2.45, 2.75) is 18.0 Å². The van der Waals surface area contributed by atoms with Crippen LogP contribution in [0.2, 0.25) is 5.02 Å². The van der Waals surface area contributed by atoms with Gasteiger partial charge in [-0.3, -0.25) is 0 Å². The van der Waals surface area contributed by atoms with E-state index in [9.17, 15) is 30.4 Å². The number of hydrogen-bond acceptors (Lipinski definition) is 4. The van der Waals surface area contributed by atoms with Crippen LogP contribution in [0, 0.1) is 18.6 Å². The van der Waals surface area contributed by atoms with Gasteiger partial charge in [0.15, 0.2) is 4.90 Å². The summed E-state index contributed by atoms with van der Waals surface area (Å²) in [5, 5.41) is 8.49. The Balaban J connectivity index is 2.34. The lowest BCUT2D eigenvalue weighted by molar-refractivity contribution is -0.154. The Kier molecular flexibility index (Phi) is 5.18. The predicted octanol–water partition coefficient (Wildman–Crippen LogP) is 4.91. The summed E-state index contributed by atoms with van der Waals surface area (Å²) < 4.78 is 95.8. The first-order chi connectivity index (χ1) is 13.3. The normalized spacial score (nSPS) is 12.4. The van der Waals surface area contributed by atoms with Crippen LogP contribution in [0.1, 0.15) is 11.3 Å². The highest BCUT2D eigenvalue weighted by Gasteiger charge is 2.41. The zero-order valence-electron chi connectivity index (χ0n) is 14.3. The Hall–Kier alpha value is -2.50. The molecular weight excluding hydrogens is 443 g/mol. The molecule has 0 bridgehead atoms. The molecule has 0 amide bonds. The Morgan fingerprint density at radius 1 is 1.07 bits per heavy atom. The van der Waals surface area contributed by atoms with Crippen molar-refractivity contribution in [3.63, 3.8) is 0 Å². The maximum Gasteiger partial charge on any atom is 0.453 e. The van der Waals surface area contributed by atoms with Crippen molar-refractivity contribution < 1.29 is 34.9 Å². The van der Waals surface area contributed by atoms with Crippen LogP contribution in [-0.4, -0.2) is 13.6 Å². The molecule has 0 aliphatic heterocycles. The molecule has 0 spiro atoms. The van der Waals surface area contributed by atoms with E-state index in [-0.39, 0.29) is 11.3 Å². The second-order valence-electron chi connectivity index (χ2n) is 6.01. The first-order valence-electron chi connectivity index (χ1n) is 7.66. The first-order valence-corrected chi connectivity index (χ1v) is 9.58. The maximum absolute atomic E-state index is 14.2. The first kappa shape index (κ1) is 21.2. The molecule has 0 saturated heterocycles. The molecule has 0 aliphatic carbocycles. The van der Waals surface area contributed by atoms with Gasteiger partial charge in [0.2, 0.25) is 15.8 Å². The lowest BCUT2D eigenvalue weighted by Gasteiger charge is -2.10. The minimum atomic E-state index is -5.05. The van der Waals surface area contributed by atoms with Crippen LogP contribution in [0.15, 0.2) is 39.8 Å². The fraction of sp³-hybridized carbons (Fsp3) is 0.118. The molecule has 29 heavy (non-hydrogen) atoms. The predicted molar refractivity (Wildman–Crippen MR) is 93.4 cm³/mol. The number of halogens is 6. The summed E-state index contributed by atoms with van der Waals surface area (Å²) in [6, 6.07) is 4.99. The van der Waals surface area contributed by atoms with Crippen molar-refractivity contribution in [2.75, 3.05) is 0 Å². The van der Waals surface area contributed by atoms with Gasteiger partial charge in [-0.05, 0) is 42.3 Å². The molecular formula is C17H10ClF5N2O3S. The topological polar surface area (TPSA) is 86.2 Å². The standard InChI is InChI=1S/C17H10ClF5N2O3S/c1-7-4-8(2-3-10(7)18)14-13(16(28-25-14)17(21,22)23)9-5-11(19)15(12(20)6-9)29(24,26)27/h2-6H,1H3,(H2,24,26,27). The smallest absolute Gasteiger partial charge is 0.350 e. The molecule has 154 valence electrons. The summed E-state index contributed by atoms with van der Waals surface area (Å²) in [6.07, 6.45) is -5.05. The number of aryl methyl sites for hydroxylation is 1. The average Bonchev–Trinajstić information content (AvgIpc) is 3.00. The second-order valence-corrected chi connectivity index (χ2v) is 7.92. The van der Waals surface area contributed by atoms with Crippen LogP contribution in [0.25, 0.3) is 22.4 Å². The monoisotopic (exact) mass is 452 g/mol. The number of nitrogens with two attached hydrogens (primary N) is 1. The highest BCUT2D eigenvalue weighted by atomic mass is 35.5. The van der Waals surface area contributed by atoms with Crippen LogP contribution in [0.3, 0.4) is 0 Å². The average molecular weight is 453 g/mol. The van der Waals surface area contributed by atoms with Crippen molar-refractivity contribution in [1.29, 1.82) is 0 Å². The number of primary sulfonamides is 1. The summed E-state index contributed by atoms with van der Waals surface area (Å²) in [4.78, 5) is -1.46. The van der Waals surface area contributed by atoms with Gasteiger partial charge in [-0.1, -0.05) is 22.8 Å². The van der Waals surface area contributed by atoms with E-state index in [2.05, 4.69) is 9.68 Å². The van der Waals surface area contributed by atoms with E-state index in [0.29, 0.717) is 22.7 Å². The molecule has 2 N–H and O–H groups in total. The SMILES string of the molecule is Cc1cc(-c2noc(C(F)(F)F)c2-c2cc(F)c(S(N)(=O)=O)c(F)c2)ccc1Cl. The van der Waals surface area contributed by atoms with Gasteiger partial charge < -0.3 is 4.52 Å². The van der Waals surface area contributed by atoms with Crippen molar-refractivity contribution in [1.82, 2.24) is 5.16 Å². The Morgan fingerprint density at radius 2 is 1.66 bits per heavy atom. The zero-order chi connectivity index (χ0) is 21.7. The van der Waals surface area contributed by atoms with Crippen LogP contribution >= 0.6 is 11.6 Å². The summed E-state index contributed by atoms with van der Waals surface area (Å²) in [7, 11) is -4.79. The number of alkyl halides is 3. The number of nitrogens with zero attached hydrogens (tertiary/aromatic N) is 1. The van der Waals surface area contributed by atoms with Gasteiger partial charge in [-0.15, -0.1) is 0 Å². The molecule has 3 rings (SSSR count). The third-order valence-corrected chi connectivity index (χ3v) is 5.34. The number of hydrogen-bond donors (Lipinski definition) is 1. The number of aromatic nitrogens is 1. The summed E-state index contributed by atoms with van der Waals surface area (Å²) in [5.41, 5.74) is -1.12. The number of sulfonamides is 1. The highest BCUT2D eigenvalue weighted by molar-refractivity contribution is 7.89. The van der Waals surface area contributed by atoms with Crippen LogP contribution in [-0.2, 0) is 16.2 Å². The van der Waals surface area contributed by atoms with E-state index in [1.807, 2.05) is 0 Å². The summed E-state index contributed by atoms with van der Waals surface area (Å²) >= 11 is 5.91. The minimum absolute atomic E-state index is 0.137. The molecule has 0 aliphatic rings. The van der Waals surface area contributed by atoms with E-state index in [4.69, 9.17) is 16.7 Å². The van der Waals surface area contributed by atoms with E-state index in [1.165, 1.54) is 18.2 Å². The van der Waals surface area contributed by atoms with E-state index < -0.39 is 49.6 Å². The van der Waals surface area contributed by atoms with Gasteiger partial charge in [0.25, 0.3) is 0 Å². The molecule has 0 atom stereocenters. The van der Waals surface area contributed by atoms with Crippen molar-refractivity contribution in [2.24, 2.45) is 5.14 Å². The van der Waals surface area contributed by atoms with Crippen LogP contribution in [0.4, 0.5) is 22.0 Å². The molecule has 0 fully saturated rings. The lowest BCUT2D eigenvalue weighted by atomic mass is 9.97. The van der Waals surface area contributed by atoms with E-state index >= 15 is 0 Å². The molecule has 0 unspecified atom stereocenters. The van der Waals surface area contributed by atoms with Gasteiger partial charge in [0, 0.05) is 10.6 Å². The molecule has 0 radical (unpaired) electrons. The summed E-state index contributed by atoms with van der Waals surface area (Å²) in [6.45, 7) is 1.59. The highest BCUT2D eigenvalue weighted by Crippen LogP contribution is 2.43. The van der Waals surface area contributed by atoms with E-state index in [1.54, 1.807) is 6.92 Å². The maximum atomic E-state index is 14.2. The quantitative estimate of drug-likeness (QED) is 0.572. The van der Waals surface area contributed by atoms with Gasteiger partial charge in [0.05, 0.1) is 5.56 Å². The van der Waals surface area contributed by atoms with Crippen molar-refractivity contribution in [3.8, 4) is 22.4 Å². The molecule has 1 aromatic heterocycles. The fourth-order valence-electron chi connectivity index (χ4n) is 2.72. The Bertz CT molecular complexity index is 1200. The van der Waals surface area contributed by atoms with Crippen molar-refractivity contribution in [3.05, 3.63) is 58.3 Å². The number of rotatable bonds is 3. The van der Waals surface area contributed by atoms with Crippen LogP contribution in [0.5, 0.6) is 0 Å². The zero-order valence-corrected chi connectivity index (χ0v) is 15.9. The lowest BCUT2D eigenvalue weighted by Crippen LogP contribution is -2.16. The molecule has 3 aromatic rings. The molecule has 1 heterocycles. The molecule has 2 aromatic carbocycles. The third-order valence-electron chi connectivity index (χ3n) is 3.95. The van der Waals surface area contributed by atoms with E-state index in [0.717, 1.165) is 0 Å².